The van der Waals surface area contributed by atoms with Crippen molar-refractivity contribution in [2.24, 2.45) is 0 Å². The predicted octanol–water partition coefficient (Wildman–Crippen LogP) is 2.33. The van der Waals surface area contributed by atoms with Gasteiger partial charge in [-0.25, -0.2) is 9.59 Å². The first-order chi connectivity index (χ1) is 9.62. The molecule has 1 heterocycles. The van der Waals surface area contributed by atoms with Crippen LogP contribution in [0, 0.1) is 5.95 Å². The quantitative estimate of drug-likeness (QED) is 0.866. The highest BCUT2D eigenvalue weighted by Crippen LogP contribution is 2.10. The minimum atomic E-state index is -0.611. The fraction of sp³-hybridized carbons (Fsp3) is 0.571. The Morgan fingerprint density at radius 3 is 2.57 bits per heavy atom. The second-order valence-corrected chi connectivity index (χ2v) is 5.74. The average Bonchev–Trinajstić information content (AvgIpc) is 2.67. The van der Waals surface area contributed by atoms with Crippen molar-refractivity contribution in [1.29, 1.82) is 0 Å². The maximum absolute atomic E-state index is 13.7. The van der Waals surface area contributed by atoms with E-state index >= 15 is 0 Å². The smallest absolute Gasteiger partial charge is 0.407 e. The number of hydrogen-bond donors (Lipinski definition) is 1. The van der Waals surface area contributed by atoms with Crippen LogP contribution < -0.4 is 5.32 Å². The van der Waals surface area contributed by atoms with Gasteiger partial charge in [0.15, 0.2) is 5.95 Å². The summed E-state index contributed by atoms with van der Waals surface area (Å²) >= 11 is 0. The van der Waals surface area contributed by atoms with Crippen molar-refractivity contribution >= 4 is 12.1 Å². The SMILES string of the molecule is COC(=O)c1cc(F)n(C[C@H](C)NC(=O)OC(C)(C)C)c1. The van der Waals surface area contributed by atoms with Gasteiger partial charge in [0.25, 0.3) is 0 Å². The summed E-state index contributed by atoms with van der Waals surface area (Å²) in [5.41, 5.74) is -0.472. The molecule has 0 spiro atoms. The van der Waals surface area contributed by atoms with E-state index in [0.717, 1.165) is 6.07 Å². The van der Waals surface area contributed by atoms with Crippen LogP contribution in [-0.2, 0) is 16.0 Å². The number of nitrogens with zero attached hydrogens (tertiary/aromatic N) is 1. The molecule has 0 aliphatic rings. The Kier molecular flexibility index (Phi) is 5.34. The summed E-state index contributed by atoms with van der Waals surface area (Å²) in [6.07, 6.45) is 0.768. The minimum absolute atomic E-state index is 0.125. The zero-order chi connectivity index (χ0) is 16.2. The number of nitrogens with one attached hydrogen (secondary N) is 1. The number of halogens is 1. The molecule has 118 valence electrons. The van der Waals surface area contributed by atoms with E-state index in [2.05, 4.69) is 10.1 Å². The second-order valence-electron chi connectivity index (χ2n) is 5.74. The molecular formula is C14H21FN2O4. The van der Waals surface area contributed by atoms with Gasteiger partial charge in [-0.15, -0.1) is 0 Å². The lowest BCUT2D eigenvalue weighted by Gasteiger charge is -2.22. The van der Waals surface area contributed by atoms with E-state index in [1.807, 2.05) is 0 Å². The van der Waals surface area contributed by atoms with Crippen molar-refractivity contribution < 1.29 is 23.5 Å². The summed E-state index contributed by atoms with van der Waals surface area (Å²) in [6.45, 7) is 7.14. The lowest BCUT2D eigenvalue weighted by molar-refractivity contribution is 0.0502. The zero-order valence-electron chi connectivity index (χ0n) is 12.9. The molecule has 1 N–H and O–H groups in total. The summed E-state index contributed by atoms with van der Waals surface area (Å²) in [7, 11) is 1.23. The Morgan fingerprint density at radius 1 is 1.43 bits per heavy atom. The number of carbonyl (C=O) groups is 2. The topological polar surface area (TPSA) is 69.6 Å². The van der Waals surface area contributed by atoms with Gasteiger partial charge in [-0.1, -0.05) is 0 Å². The highest BCUT2D eigenvalue weighted by atomic mass is 19.1. The Hall–Kier alpha value is -2.05. The van der Waals surface area contributed by atoms with Gasteiger partial charge in [-0.05, 0) is 27.7 Å². The van der Waals surface area contributed by atoms with Crippen molar-refractivity contribution in [1.82, 2.24) is 9.88 Å². The molecule has 0 saturated carbocycles. The van der Waals surface area contributed by atoms with Crippen LogP contribution in [0.3, 0.4) is 0 Å². The van der Waals surface area contributed by atoms with E-state index in [1.54, 1.807) is 27.7 Å². The number of ether oxygens (including phenoxy) is 2. The molecule has 1 amide bonds. The fourth-order valence-corrected chi connectivity index (χ4v) is 1.70. The molecule has 0 aliphatic heterocycles. The standard InChI is InChI=1S/C14H21FN2O4/c1-9(16-13(19)21-14(2,3)4)7-17-8-10(6-11(17)15)12(18)20-5/h6,8-9H,7H2,1-5H3,(H,16,19)/t9-/m0/s1. The summed E-state index contributed by atoms with van der Waals surface area (Å²) in [5, 5.41) is 2.60. The van der Waals surface area contributed by atoms with Crippen LogP contribution in [0.4, 0.5) is 9.18 Å². The molecule has 0 saturated heterocycles. The number of esters is 1. The molecule has 0 bridgehead atoms. The Labute approximate surface area is 123 Å². The van der Waals surface area contributed by atoms with E-state index in [9.17, 15) is 14.0 Å². The Bertz CT molecular complexity index is 520. The molecule has 0 unspecified atom stereocenters. The average molecular weight is 300 g/mol. The van der Waals surface area contributed by atoms with Gasteiger partial charge in [-0.2, -0.15) is 4.39 Å². The van der Waals surface area contributed by atoms with Crippen LogP contribution in [-0.4, -0.2) is 35.4 Å². The number of aromatic nitrogens is 1. The molecule has 0 aromatic carbocycles. The van der Waals surface area contributed by atoms with Gasteiger partial charge in [0, 0.05) is 24.8 Å². The molecule has 7 heteroatoms. The van der Waals surface area contributed by atoms with Gasteiger partial charge in [-0.3, -0.25) is 0 Å². The van der Waals surface area contributed by atoms with Crippen molar-refractivity contribution in [3.8, 4) is 0 Å². The summed E-state index contributed by atoms with van der Waals surface area (Å²) in [6, 6.07) is 0.721. The van der Waals surface area contributed by atoms with E-state index < -0.39 is 23.6 Å². The van der Waals surface area contributed by atoms with Crippen LogP contribution >= 0.6 is 0 Å². The van der Waals surface area contributed by atoms with Crippen molar-refractivity contribution in [3.05, 3.63) is 23.8 Å². The second kappa shape index (κ2) is 6.60. The summed E-state index contributed by atoms with van der Waals surface area (Å²) in [4.78, 5) is 22.9. The van der Waals surface area contributed by atoms with Crippen molar-refractivity contribution in [2.45, 2.75) is 45.9 Å². The number of hydrogen-bond acceptors (Lipinski definition) is 4. The largest absolute Gasteiger partial charge is 0.465 e. The van der Waals surface area contributed by atoms with Crippen LogP contribution in [0.15, 0.2) is 12.3 Å². The molecule has 1 rings (SSSR count). The van der Waals surface area contributed by atoms with Crippen molar-refractivity contribution in [3.63, 3.8) is 0 Å². The highest BCUT2D eigenvalue weighted by molar-refractivity contribution is 5.89. The number of alkyl carbamates (subject to hydrolysis) is 1. The third-order valence-electron chi connectivity index (χ3n) is 2.50. The Balaban J connectivity index is 2.63. The van der Waals surface area contributed by atoms with Crippen LogP contribution in [0.2, 0.25) is 0 Å². The third kappa shape index (κ3) is 5.45. The normalized spacial score (nSPS) is 12.7. The first-order valence-corrected chi connectivity index (χ1v) is 6.56. The van der Waals surface area contributed by atoms with Gasteiger partial charge >= 0.3 is 12.1 Å². The molecule has 6 nitrogen and oxygen atoms in total. The van der Waals surface area contributed by atoms with E-state index in [0.29, 0.717) is 0 Å². The fourth-order valence-electron chi connectivity index (χ4n) is 1.70. The molecule has 0 aliphatic carbocycles. The maximum atomic E-state index is 13.7. The molecule has 1 aromatic heterocycles. The zero-order valence-corrected chi connectivity index (χ0v) is 12.9. The Morgan fingerprint density at radius 2 is 2.05 bits per heavy atom. The molecule has 0 fully saturated rings. The first kappa shape index (κ1) is 17.0. The van der Waals surface area contributed by atoms with E-state index in [1.165, 1.54) is 17.9 Å². The number of methoxy groups -OCH3 is 1. The van der Waals surface area contributed by atoms with Crippen LogP contribution in [0.1, 0.15) is 38.1 Å². The molecular weight excluding hydrogens is 279 g/mol. The summed E-state index contributed by atoms with van der Waals surface area (Å²) in [5.74, 6) is -1.19. The lowest BCUT2D eigenvalue weighted by atomic mass is 10.2. The minimum Gasteiger partial charge on any atom is -0.465 e. The van der Waals surface area contributed by atoms with Gasteiger partial charge in [0.2, 0.25) is 0 Å². The van der Waals surface area contributed by atoms with Crippen LogP contribution in [0.5, 0.6) is 0 Å². The van der Waals surface area contributed by atoms with Crippen molar-refractivity contribution in [2.75, 3.05) is 7.11 Å². The monoisotopic (exact) mass is 300 g/mol. The third-order valence-corrected chi connectivity index (χ3v) is 2.50. The van der Waals surface area contributed by atoms with E-state index in [4.69, 9.17) is 4.74 Å². The number of amides is 1. The predicted molar refractivity (Wildman–Crippen MR) is 74.6 cm³/mol. The van der Waals surface area contributed by atoms with Crippen LogP contribution in [0.25, 0.3) is 0 Å². The van der Waals surface area contributed by atoms with Gasteiger partial charge < -0.3 is 19.4 Å². The highest BCUT2D eigenvalue weighted by Gasteiger charge is 2.19. The first-order valence-electron chi connectivity index (χ1n) is 6.56. The summed E-state index contributed by atoms with van der Waals surface area (Å²) < 4.78 is 24.5. The lowest BCUT2D eigenvalue weighted by Crippen LogP contribution is -2.39. The number of carbonyl (C=O) groups excluding carboxylic acids is 2. The van der Waals surface area contributed by atoms with Gasteiger partial charge in [0.05, 0.1) is 12.7 Å². The molecule has 21 heavy (non-hydrogen) atoms. The number of rotatable bonds is 4. The molecule has 0 radical (unpaired) electrons. The maximum Gasteiger partial charge on any atom is 0.407 e. The van der Waals surface area contributed by atoms with E-state index in [-0.39, 0.29) is 18.2 Å². The molecule has 1 atom stereocenters. The van der Waals surface area contributed by atoms with Gasteiger partial charge in [0.1, 0.15) is 5.60 Å². The molecule has 1 aromatic rings.